The van der Waals surface area contributed by atoms with Crippen LogP contribution in [0, 0.1) is 12.7 Å². The van der Waals surface area contributed by atoms with E-state index in [1.165, 1.54) is 12.1 Å². The van der Waals surface area contributed by atoms with Crippen molar-refractivity contribution in [3.05, 3.63) is 65.5 Å². The Bertz CT molecular complexity index is 513. The zero-order chi connectivity index (χ0) is 13.0. The van der Waals surface area contributed by atoms with Gasteiger partial charge < -0.3 is 10.4 Å². The number of aliphatic hydroxyl groups is 1. The minimum atomic E-state index is -0.647. The standard InChI is InChI=1S/C15H16FNO/c1-11-9-12(16)7-8-14(11)15(18)10-17-13-5-3-2-4-6-13/h2-9,15,17-18H,10H2,1H3. The summed E-state index contributed by atoms with van der Waals surface area (Å²) in [5, 5.41) is 13.2. The molecule has 3 heteroatoms. The van der Waals surface area contributed by atoms with Crippen molar-refractivity contribution in [3.63, 3.8) is 0 Å². The van der Waals surface area contributed by atoms with Crippen molar-refractivity contribution in [2.45, 2.75) is 13.0 Å². The summed E-state index contributed by atoms with van der Waals surface area (Å²) >= 11 is 0. The van der Waals surface area contributed by atoms with Gasteiger partial charge in [-0.05, 0) is 42.3 Å². The molecule has 2 N–H and O–H groups in total. The lowest BCUT2D eigenvalue weighted by molar-refractivity contribution is 0.191. The van der Waals surface area contributed by atoms with E-state index in [1.807, 2.05) is 30.3 Å². The minimum absolute atomic E-state index is 0.278. The molecule has 2 rings (SSSR count). The lowest BCUT2D eigenvalue weighted by Gasteiger charge is -2.15. The van der Waals surface area contributed by atoms with Gasteiger partial charge in [-0.15, -0.1) is 0 Å². The number of rotatable bonds is 4. The van der Waals surface area contributed by atoms with Crippen molar-refractivity contribution in [2.24, 2.45) is 0 Å². The van der Waals surface area contributed by atoms with E-state index < -0.39 is 6.10 Å². The van der Waals surface area contributed by atoms with E-state index >= 15 is 0 Å². The molecule has 94 valence electrons. The molecular formula is C15H16FNO. The monoisotopic (exact) mass is 245 g/mol. The van der Waals surface area contributed by atoms with Crippen molar-refractivity contribution in [2.75, 3.05) is 11.9 Å². The van der Waals surface area contributed by atoms with Gasteiger partial charge in [0.2, 0.25) is 0 Å². The average Bonchev–Trinajstić information content (AvgIpc) is 2.37. The van der Waals surface area contributed by atoms with Crippen LogP contribution in [0.1, 0.15) is 17.2 Å². The third-order valence-electron chi connectivity index (χ3n) is 2.86. The Morgan fingerprint density at radius 2 is 1.89 bits per heavy atom. The number of para-hydroxylation sites is 1. The molecule has 0 bridgehead atoms. The van der Waals surface area contributed by atoms with Crippen molar-refractivity contribution in [1.82, 2.24) is 0 Å². The van der Waals surface area contributed by atoms with Gasteiger partial charge >= 0.3 is 0 Å². The van der Waals surface area contributed by atoms with Crippen molar-refractivity contribution in [1.29, 1.82) is 0 Å². The molecule has 0 fully saturated rings. The second-order valence-corrected chi connectivity index (χ2v) is 4.26. The Hall–Kier alpha value is -1.87. The summed E-state index contributed by atoms with van der Waals surface area (Å²) in [6.45, 7) is 2.20. The maximum atomic E-state index is 13.0. The fraction of sp³-hybridized carbons (Fsp3) is 0.200. The first-order valence-electron chi connectivity index (χ1n) is 5.90. The third kappa shape index (κ3) is 3.08. The maximum absolute atomic E-state index is 13.0. The van der Waals surface area contributed by atoms with Crippen LogP contribution in [0.3, 0.4) is 0 Å². The van der Waals surface area contributed by atoms with Crippen LogP contribution in [0.4, 0.5) is 10.1 Å². The first kappa shape index (κ1) is 12.6. The summed E-state index contributed by atoms with van der Waals surface area (Å²) in [6, 6.07) is 14.1. The van der Waals surface area contributed by atoms with Gasteiger partial charge in [0.25, 0.3) is 0 Å². The van der Waals surface area contributed by atoms with E-state index in [9.17, 15) is 9.50 Å². The molecule has 0 spiro atoms. The van der Waals surface area contributed by atoms with Crippen molar-refractivity contribution in [3.8, 4) is 0 Å². The molecule has 2 aromatic rings. The summed E-state index contributed by atoms with van der Waals surface area (Å²) in [5.74, 6) is -0.278. The molecular weight excluding hydrogens is 229 g/mol. The van der Waals surface area contributed by atoms with Crippen LogP contribution < -0.4 is 5.32 Å². The first-order chi connectivity index (χ1) is 8.66. The highest BCUT2D eigenvalue weighted by Gasteiger charge is 2.10. The summed E-state index contributed by atoms with van der Waals surface area (Å²) in [6.07, 6.45) is -0.647. The molecule has 18 heavy (non-hydrogen) atoms. The number of hydrogen-bond acceptors (Lipinski definition) is 2. The number of benzene rings is 2. The summed E-state index contributed by atoms with van der Waals surface area (Å²) in [7, 11) is 0. The van der Waals surface area contributed by atoms with Crippen molar-refractivity contribution >= 4 is 5.69 Å². The minimum Gasteiger partial charge on any atom is -0.387 e. The summed E-state index contributed by atoms with van der Waals surface area (Å²) in [4.78, 5) is 0. The highest BCUT2D eigenvalue weighted by molar-refractivity contribution is 5.43. The summed E-state index contributed by atoms with van der Waals surface area (Å²) < 4.78 is 13.0. The molecule has 0 aromatic heterocycles. The number of hydrogen-bond donors (Lipinski definition) is 2. The largest absolute Gasteiger partial charge is 0.387 e. The average molecular weight is 245 g/mol. The number of halogens is 1. The number of aryl methyl sites for hydroxylation is 1. The van der Waals surface area contributed by atoms with E-state index in [2.05, 4.69) is 5.32 Å². The van der Waals surface area contributed by atoms with Crippen LogP contribution in [0.2, 0.25) is 0 Å². The number of nitrogens with one attached hydrogen (secondary N) is 1. The Morgan fingerprint density at radius 3 is 2.56 bits per heavy atom. The zero-order valence-corrected chi connectivity index (χ0v) is 10.2. The highest BCUT2D eigenvalue weighted by atomic mass is 19.1. The lowest BCUT2D eigenvalue weighted by atomic mass is 10.0. The lowest BCUT2D eigenvalue weighted by Crippen LogP contribution is -2.13. The zero-order valence-electron chi connectivity index (χ0n) is 10.2. The Kier molecular flexibility index (Phi) is 3.95. The van der Waals surface area contributed by atoms with Gasteiger partial charge in [0, 0.05) is 12.2 Å². The molecule has 1 unspecified atom stereocenters. The molecule has 0 saturated heterocycles. The predicted molar refractivity (Wildman–Crippen MR) is 71.0 cm³/mol. The smallest absolute Gasteiger partial charge is 0.123 e. The number of aliphatic hydroxyl groups excluding tert-OH is 1. The van der Waals surface area contributed by atoms with Crippen LogP contribution in [0.15, 0.2) is 48.5 Å². The molecule has 0 aliphatic heterocycles. The molecule has 0 radical (unpaired) electrons. The molecule has 1 atom stereocenters. The van der Waals surface area contributed by atoms with E-state index in [0.717, 1.165) is 16.8 Å². The predicted octanol–water partition coefficient (Wildman–Crippen LogP) is 3.28. The normalized spacial score (nSPS) is 12.2. The molecule has 0 aliphatic carbocycles. The third-order valence-corrected chi connectivity index (χ3v) is 2.86. The SMILES string of the molecule is Cc1cc(F)ccc1C(O)CNc1ccccc1. The van der Waals surface area contributed by atoms with Crippen LogP contribution in [0.25, 0.3) is 0 Å². The Labute approximate surface area is 106 Å². The molecule has 0 amide bonds. The van der Waals surface area contributed by atoms with Crippen LogP contribution >= 0.6 is 0 Å². The molecule has 2 nitrogen and oxygen atoms in total. The second-order valence-electron chi connectivity index (χ2n) is 4.26. The van der Waals surface area contributed by atoms with Crippen LogP contribution in [0.5, 0.6) is 0 Å². The Morgan fingerprint density at radius 1 is 1.17 bits per heavy atom. The van der Waals surface area contributed by atoms with Gasteiger partial charge in [-0.1, -0.05) is 24.3 Å². The fourth-order valence-corrected chi connectivity index (χ4v) is 1.89. The van der Waals surface area contributed by atoms with E-state index in [-0.39, 0.29) is 5.82 Å². The van der Waals surface area contributed by atoms with Gasteiger partial charge in [-0.25, -0.2) is 4.39 Å². The van der Waals surface area contributed by atoms with Gasteiger partial charge in [-0.2, -0.15) is 0 Å². The van der Waals surface area contributed by atoms with Gasteiger partial charge in [0.05, 0.1) is 6.10 Å². The second kappa shape index (κ2) is 5.65. The van der Waals surface area contributed by atoms with E-state index in [4.69, 9.17) is 0 Å². The van der Waals surface area contributed by atoms with Gasteiger partial charge in [-0.3, -0.25) is 0 Å². The fourth-order valence-electron chi connectivity index (χ4n) is 1.89. The maximum Gasteiger partial charge on any atom is 0.123 e. The molecule has 2 aromatic carbocycles. The van der Waals surface area contributed by atoms with Gasteiger partial charge in [0.15, 0.2) is 0 Å². The van der Waals surface area contributed by atoms with Gasteiger partial charge in [0.1, 0.15) is 5.82 Å². The molecule has 0 saturated carbocycles. The van der Waals surface area contributed by atoms with Crippen molar-refractivity contribution < 1.29 is 9.50 Å². The van der Waals surface area contributed by atoms with Crippen LogP contribution in [-0.2, 0) is 0 Å². The quantitative estimate of drug-likeness (QED) is 0.866. The van der Waals surface area contributed by atoms with E-state index in [1.54, 1.807) is 13.0 Å². The topological polar surface area (TPSA) is 32.3 Å². The molecule has 0 aliphatic rings. The summed E-state index contributed by atoms with van der Waals surface area (Å²) in [5.41, 5.74) is 2.47. The number of anilines is 1. The highest BCUT2D eigenvalue weighted by Crippen LogP contribution is 2.19. The van der Waals surface area contributed by atoms with E-state index in [0.29, 0.717) is 6.54 Å². The Balaban J connectivity index is 2.01. The first-order valence-corrected chi connectivity index (χ1v) is 5.90. The molecule has 0 heterocycles. The van der Waals surface area contributed by atoms with Crippen LogP contribution in [-0.4, -0.2) is 11.7 Å².